The van der Waals surface area contributed by atoms with Gasteiger partial charge in [0, 0.05) is 23.6 Å². The molecule has 0 atom stereocenters. The van der Waals surface area contributed by atoms with E-state index in [0.29, 0.717) is 22.2 Å². The smallest absolute Gasteiger partial charge is 0.225 e. The zero-order valence-electron chi connectivity index (χ0n) is 11.3. The van der Waals surface area contributed by atoms with Gasteiger partial charge in [0.15, 0.2) is 0 Å². The standard InChI is InChI=1S/C16H15Cl2NOS/c17-14-7-6-13(10-15(14)18)19-16(20)8-9-21-11-12-4-2-1-3-5-12/h1-7,10H,8-9,11H2,(H,19,20). The molecule has 2 rings (SSSR count). The highest BCUT2D eigenvalue weighted by atomic mass is 35.5. The fourth-order valence-corrected chi connectivity index (χ4v) is 2.93. The predicted molar refractivity (Wildman–Crippen MR) is 92.3 cm³/mol. The molecule has 5 heteroatoms. The van der Waals surface area contributed by atoms with Gasteiger partial charge in [-0.25, -0.2) is 0 Å². The fourth-order valence-electron chi connectivity index (χ4n) is 1.73. The number of halogens is 2. The maximum atomic E-state index is 11.8. The molecule has 2 nitrogen and oxygen atoms in total. The number of carbonyl (C=O) groups is 1. The molecule has 0 fully saturated rings. The van der Waals surface area contributed by atoms with E-state index >= 15 is 0 Å². The Morgan fingerprint density at radius 2 is 1.81 bits per heavy atom. The lowest BCUT2D eigenvalue weighted by Crippen LogP contribution is -2.12. The Balaban J connectivity index is 1.71. The van der Waals surface area contributed by atoms with Crippen LogP contribution < -0.4 is 5.32 Å². The minimum absolute atomic E-state index is 0.0195. The van der Waals surface area contributed by atoms with Gasteiger partial charge >= 0.3 is 0 Å². The summed E-state index contributed by atoms with van der Waals surface area (Å²) in [6.07, 6.45) is 0.470. The van der Waals surface area contributed by atoms with Gasteiger partial charge in [-0.2, -0.15) is 11.8 Å². The molecule has 0 radical (unpaired) electrons. The van der Waals surface area contributed by atoms with E-state index in [4.69, 9.17) is 23.2 Å². The van der Waals surface area contributed by atoms with Crippen molar-refractivity contribution in [2.45, 2.75) is 12.2 Å². The highest BCUT2D eigenvalue weighted by Gasteiger charge is 2.04. The second-order valence-corrected chi connectivity index (χ2v) is 6.38. The second kappa shape index (κ2) is 8.32. The van der Waals surface area contributed by atoms with Crippen LogP contribution in [-0.2, 0) is 10.5 Å². The number of amides is 1. The Labute approximate surface area is 138 Å². The average Bonchev–Trinajstić information content (AvgIpc) is 2.49. The minimum atomic E-state index is -0.0195. The van der Waals surface area contributed by atoms with Crippen molar-refractivity contribution in [1.29, 1.82) is 0 Å². The van der Waals surface area contributed by atoms with Crippen molar-refractivity contribution in [3.63, 3.8) is 0 Å². The summed E-state index contributed by atoms with van der Waals surface area (Å²) < 4.78 is 0. The Kier molecular flexibility index (Phi) is 6.43. The second-order valence-electron chi connectivity index (χ2n) is 4.47. The van der Waals surface area contributed by atoms with Crippen LogP contribution in [-0.4, -0.2) is 11.7 Å². The van der Waals surface area contributed by atoms with Crippen molar-refractivity contribution >= 4 is 46.6 Å². The molecule has 0 unspecified atom stereocenters. The number of benzene rings is 2. The molecule has 1 N–H and O–H groups in total. The van der Waals surface area contributed by atoms with Crippen LogP contribution in [0, 0.1) is 0 Å². The summed E-state index contributed by atoms with van der Waals surface area (Å²) in [6, 6.07) is 15.3. The van der Waals surface area contributed by atoms with E-state index in [2.05, 4.69) is 17.4 Å². The third-order valence-corrected chi connectivity index (χ3v) is 4.56. The van der Waals surface area contributed by atoms with Gasteiger partial charge in [0.25, 0.3) is 0 Å². The zero-order valence-corrected chi connectivity index (χ0v) is 13.6. The van der Waals surface area contributed by atoms with Crippen LogP contribution in [0.15, 0.2) is 48.5 Å². The zero-order chi connectivity index (χ0) is 15.1. The number of anilines is 1. The lowest BCUT2D eigenvalue weighted by Gasteiger charge is -2.06. The van der Waals surface area contributed by atoms with E-state index < -0.39 is 0 Å². The van der Waals surface area contributed by atoms with Gasteiger partial charge < -0.3 is 5.32 Å². The van der Waals surface area contributed by atoms with Crippen LogP contribution in [0.5, 0.6) is 0 Å². The van der Waals surface area contributed by atoms with Crippen molar-refractivity contribution in [2.75, 3.05) is 11.1 Å². The third kappa shape index (κ3) is 5.62. The Hall–Kier alpha value is -1.16. The third-order valence-electron chi connectivity index (χ3n) is 2.79. The molecular formula is C16H15Cl2NOS. The van der Waals surface area contributed by atoms with E-state index in [-0.39, 0.29) is 5.91 Å². The lowest BCUT2D eigenvalue weighted by molar-refractivity contribution is -0.115. The predicted octanol–water partition coefficient (Wildman–Crippen LogP) is 5.26. The van der Waals surface area contributed by atoms with Gasteiger partial charge in [0.2, 0.25) is 5.91 Å². The molecule has 2 aromatic rings. The lowest BCUT2D eigenvalue weighted by atomic mass is 10.2. The molecule has 0 saturated heterocycles. The van der Waals surface area contributed by atoms with Crippen molar-refractivity contribution < 1.29 is 4.79 Å². The molecule has 0 heterocycles. The van der Waals surface area contributed by atoms with Gasteiger partial charge in [0.05, 0.1) is 10.0 Å². The molecule has 0 aliphatic rings. The van der Waals surface area contributed by atoms with E-state index in [1.807, 2.05) is 18.2 Å². The first kappa shape index (κ1) is 16.2. The summed E-state index contributed by atoms with van der Waals surface area (Å²) >= 11 is 13.5. The highest BCUT2D eigenvalue weighted by Crippen LogP contribution is 2.25. The first-order chi connectivity index (χ1) is 10.1. The molecule has 0 bridgehead atoms. The molecule has 2 aromatic carbocycles. The summed E-state index contributed by atoms with van der Waals surface area (Å²) in [5.74, 6) is 1.68. The normalized spacial score (nSPS) is 10.4. The Bertz CT molecular complexity index is 604. The first-order valence-electron chi connectivity index (χ1n) is 6.52. The number of thioether (sulfide) groups is 1. The van der Waals surface area contributed by atoms with Crippen LogP contribution >= 0.6 is 35.0 Å². The quantitative estimate of drug-likeness (QED) is 0.727. The van der Waals surface area contributed by atoms with Crippen molar-refractivity contribution in [3.8, 4) is 0 Å². The molecule has 21 heavy (non-hydrogen) atoms. The van der Waals surface area contributed by atoms with Crippen molar-refractivity contribution in [2.24, 2.45) is 0 Å². The topological polar surface area (TPSA) is 29.1 Å². The van der Waals surface area contributed by atoms with Gasteiger partial charge in [-0.1, -0.05) is 53.5 Å². The molecular weight excluding hydrogens is 325 g/mol. The molecule has 0 spiro atoms. The SMILES string of the molecule is O=C(CCSCc1ccccc1)Nc1ccc(Cl)c(Cl)c1. The number of hydrogen-bond acceptors (Lipinski definition) is 2. The number of carbonyl (C=O) groups excluding carboxylic acids is 1. The van der Waals surface area contributed by atoms with Gasteiger partial charge in [-0.15, -0.1) is 0 Å². The van der Waals surface area contributed by atoms with Crippen molar-refractivity contribution in [1.82, 2.24) is 0 Å². The van der Waals surface area contributed by atoms with Gasteiger partial charge in [-0.3, -0.25) is 4.79 Å². The molecule has 1 amide bonds. The Morgan fingerprint density at radius 1 is 1.05 bits per heavy atom. The van der Waals surface area contributed by atoms with E-state index in [9.17, 15) is 4.79 Å². The van der Waals surface area contributed by atoms with E-state index in [0.717, 1.165) is 11.5 Å². The van der Waals surface area contributed by atoms with Gasteiger partial charge in [0.1, 0.15) is 0 Å². The molecule has 110 valence electrons. The monoisotopic (exact) mass is 339 g/mol. The summed E-state index contributed by atoms with van der Waals surface area (Å²) in [7, 11) is 0. The van der Waals surface area contributed by atoms with Crippen LogP contribution in [0.2, 0.25) is 10.0 Å². The van der Waals surface area contributed by atoms with Crippen LogP contribution in [0.1, 0.15) is 12.0 Å². The average molecular weight is 340 g/mol. The largest absolute Gasteiger partial charge is 0.326 e. The fraction of sp³-hybridized carbons (Fsp3) is 0.188. The van der Waals surface area contributed by atoms with Crippen molar-refractivity contribution in [3.05, 3.63) is 64.1 Å². The van der Waals surface area contributed by atoms with Gasteiger partial charge in [-0.05, 0) is 23.8 Å². The summed E-state index contributed by atoms with van der Waals surface area (Å²) in [5, 5.41) is 3.73. The first-order valence-corrected chi connectivity index (χ1v) is 8.43. The van der Waals surface area contributed by atoms with E-state index in [1.165, 1.54) is 5.56 Å². The summed E-state index contributed by atoms with van der Waals surface area (Å²) in [4.78, 5) is 11.8. The molecule has 0 saturated carbocycles. The van der Waals surface area contributed by atoms with Crippen LogP contribution in [0.25, 0.3) is 0 Å². The molecule has 0 aliphatic heterocycles. The summed E-state index contributed by atoms with van der Waals surface area (Å²) in [5.41, 5.74) is 1.94. The molecule has 0 aromatic heterocycles. The van der Waals surface area contributed by atoms with E-state index in [1.54, 1.807) is 30.0 Å². The molecule has 0 aliphatic carbocycles. The minimum Gasteiger partial charge on any atom is -0.326 e. The number of hydrogen-bond donors (Lipinski definition) is 1. The number of rotatable bonds is 6. The van der Waals surface area contributed by atoms with Crippen LogP contribution in [0.3, 0.4) is 0 Å². The highest BCUT2D eigenvalue weighted by molar-refractivity contribution is 7.98. The van der Waals surface area contributed by atoms with Crippen LogP contribution in [0.4, 0.5) is 5.69 Å². The Morgan fingerprint density at radius 3 is 2.52 bits per heavy atom. The summed E-state index contributed by atoms with van der Waals surface area (Å²) in [6.45, 7) is 0. The maximum Gasteiger partial charge on any atom is 0.225 e. The maximum absolute atomic E-state index is 11.8. The number of nitrogens with one attached hydrogen (secondary N) is 1.